The number of hydrogen-bond donors (Lipinski definition) is 0. The van der Waals surface area contributed by atoms with E-state index in [0.29, 0.717) is 5.02 Å². The molecule has 0 spiro atoms. The molecule has 1 aromatic carbocycles. The van der Waals surface area contributed by atoms with E-state index in [9.17, 15) is 8.42 Å². The molecule has 0 saturated heterocycles. The number of hydrogen-bond acceptors (Lipinski definition) is 3. The lowest BCUT2D eigenvalue weighted by molar-refractivity contribution is 0.597. The second-order valence-electron chi connectivity index (χ2n) is 3.54. The zero-order valence-corrected chi connectivity index (χ0v) is 11.1. The summed E-state index contributed by atoms with van der Waals surface area (Å²) in [6, 6.07) is 7.51. The largest absolute Gasteiger partial charge is 0.228 e. The maximum absolute atomic E-state index is 11.5. The predicted molar refractivity (Wildman–Crippen MR) is 70.0 cm³/mol. The standard InChI is InChI=1S/C11H11ClO2S2/c1-2-16(13,14)7-8-6-9-10(12)4-3-5-11(9)15-8/h3-6H,2,7H2,1H3. The Hall–Kier alpha value is -0.580. The Kier molecular flexibility index (Phi) is 3.24. The van der Waals surface area contributed by atoms with E-state index < -0.39 is 9.84 Å². The van der Waals surface area contributed by atoms with Crippen molar-refractivity contribution in [2.45, 2.75) is 12.7 Å². The van der Waals surface area contributed by atoms with E-state index in [-0.39, 0.29) is 11.5 Å². The summed E-state index contributed by atoms with van der Waals surface area (Å²) in [5, 5.41) is 1.62. The maximum Gasteiger partial charge on any atom is 0.154 e. The highest BCUT2D eigenvalue weighted by Crippen LogP contribution is 2.31. The smallest absolute Gasteiger partial charge is 0.154 e. The molecule has 16 heavy (non-hydrogen) atoms. The fourth-order valence-electron chi connectivity index (χ4n) is 1.47. The molecule has 0 bridgehead atoms. The summed E-state index contributed by atoms with van der Waals surface area (Å²) < 4.78 is 24.0. The number of fused-ring (bicyclic) bond motifs is 1. The van der Waals surface area contributed by atoms with Gasteiger partial charge in [-0.25, -0.2) is 8.42 Å². The SMILES string of the molecule is CCS(=O)(=O)Cc1cc2c(Cl)cccc2s1. The molecule has 0 atom stereocenters. The van der Waals surface area contributed by atoms with Crippen LogP contribution in [0.5, 0.6) is 0 Å². The van der Waals surface area contributed by atoms with Crippen LogP contribution in [0.2, 0.25) is 5.02 Å². The number of rotatable bonds is 3. The first-order chi connectivity index (χ1) is 7.52. The summed E-state index contributed by atoms with van der Waals surface area (Å²) >= 11 is 7.52. The first-order valence-electron chi connectivity index (χ1n) is 4.89. The van der Waals surface area contributed by atoms with Gasteiger partial charge in [0.1, 0.15) is 0 Å². The highest BCUT2D eigenvalue weighted by molar-refractivity contribution is 7.90. The van der Waals surface area contributed by atoms with Crippen molar-refractivity contribution in [2.24, 2.45) is 0 Å². The molecule has 1 heterocycles. The number of sulfone groups is 1. The zero-order valence-electron chi connectivity index (χ0n) is 8.73. The Morgan fingerprint density at radius 2 is 2.12 bits per heavy atom. The normalized spacial score (nSPS) is 12.1. The zero-order chi connectivity index (χ0) is 11.8. The van der Waals surface area contributed by atoms with Gasteiger partial charge in [0.2, 0.25) is 0 Å². The summed E-state index contributed by atoms with van der Waals surface area (Å²) in [7, 11) is -2.97. The van der Waals surface area contributed by atoms with Gasteiger partial charge < -0.3 is 0 Å². The van der Waals surface area contributed by atoms with Crippen LogP contribution in [0.1, 0.15) is 11.8 Å². The van der Waals surface area contributed by atoms with Gasteiger partial charge in [0, 0.05) is 25.7 Å². The van der Waals surface area contributed by atoms with Gasteiger partial charge in [0.05, 0.1) is 5.75 Å². The molecule has 5 heteroatoms. The van der Waals surface area contributed by atoms with Crippen LogP contribution < -0.4 is 0 Å². The Balaban J connectivity index is 2.45. The maximum atomic E-state index is 11.5. The molecule has 1 aromatic heterocycles. The van der Waals surface area contributed by atoms with Crippen molar-refractivity contribution in [3.63, 3.8) is 0 Å². The molecule has 0 amide bonds. The lowest BCUT2D eigenvalue weighted by atomic mass is 10.2. The predicted octanol–water partition coefficient (Wildman–Crippen LogP) is 3.49. The summed E-state index contributed by atoms with van der Waals surface area (Å²) in [4.78, 5) is 0.852. The third-order valence-corrected chi connectivity index (χ3v) is 5.60. The van der Waals surface area contributed by atoms with Crippen LogP contribution >= 0.6 is 22.9 Å². The molecular formula is C11H11ClO2S2. The minimum Gasteiger partial charge on any atom is -0.228 e. The molecule has 0 aliphatic heterocycles. The molecule has 0 aliphatic carbocycles. The average molecular weight is 275 g/mol. The molecule has 2 nitrogen and oxygen atoms in total. The minimum absolute atomic E-state index is 0.110. The van der Waals surface area contributed by atoms with Crippen LogP contribution in [0.4, 0.5) is 0 Å². The van der Waals surface area contributed by atoms with E-state index in [0.717, 1.165) is 15.0 Å². The summed E-state index contributed by atoms with van der Waals surface area (Å²) in [5.74, 6) is 0.286. The summed E-state index contributed by atoms with van der Waals surface area (Å²) in [6.07, 6.45) is 0. The number of benzene rings is 1. The molecule has 0 aliphatic rings. The van der Waals surface area contributed by atoms with Crippen molar-refractivity contribution in [1.82, 2.24) is 0 Å². The first-order valence-corrected chi connectivity index (χ1v) is 7.91. The van der Waals surface area contributed by atoms with Crippen LogP contribution in [0, 0.1) is 0 Å². The molecule has 0 saturated carbocycles. The van der Waals surface area contributed by atoms with Gasteiger partial charge in [-0.3, -0.25) is 0 Å². The summed E-state index contributed by atoms with van der Waals surface area (Å²) in [5.41, 5.74) is 0. The quantitative estimate of drug-likeness (QED) is 0.859. The van der Waals surface area contributed by atoms with Gasteiger partial charge in [0.25, 0.3) is 0 Å². The Morgan fingerprint density at radius 3 is 2.75 bits per heavy atom. The Morgan fingerprint density at radius 1 is 1.38 bits per heavy atom. The van der Waals surface area contributed by atoms with Crippen molar-refractivity contribution in [1.29, 1.82) is 0 Å². The minimum atomic E-state index is -2.97. The van der Waals surface area contributed by atoms with Crippen molar-refractivity contribution in [3.05, 3.63) is 34.2 Å². The Labute approximate surface area is 104 Å². The van der Waals surface area contributed by atoms with Crippen LogP contribution in [-0.4, -0.2) is 14.2 Å². The van der Waals surface area contributed by atoms with E-state index >= 15 is 0 Å². The lowest BCUT2D eigenvalue weighted by Crippen LogP contribution is -2.04. The number of thiophene rings is 1. The van der Waals surface area contributed by atoms with E-state index in [2.05, 4.69) is 0 Å². The highest BCUT2D eigenvalue weighted by Gasteiger charge is 2.12. The fraction of sp³-hybridized carbons (Fsp3) is 0.273. The molecule has 0 unspecified atom stereocenters. The van der Waals surface area contributed by atoms with Crippen LogP contribution in [0.3, 0.4) is 0 Å². The van der Waals surface area contributed by atoms with Crippen molar-refractivity contribution >= 4 is 42.9 Å². The van der Waals surface area contributed by atoms with Crippen LogP contribution in [-0.2, 0) is 15.6 Å². The Bertz CT molecular complexity index is 614. The average Bonchev–Trinajstić information content (AvgIpc) is 2.61. The van der Waals surface area contributed by atoms with E-state index in [1.807, 2.05) is 24.3 Å². The second-order valence-corrected chi connectivity index (χ2v) is 7.47. The summed E-state index contributed by atoms with van der Waals surface area (Å²) in [6.45, 7) is 1.66. The fourth-order valence-corrected chi connectivity index (χ4v) is 4.13. The molecule has 2 rings (SSSR count). The number of halogens is 1. The van der Waals surface area contributed by atoms with Crippen LogP contribution in [0.25, 0.3) is 10.1 Å². The van der Waals surface area contributed by atoms with Crippen molar-refractivity contribution in [2.75, 3.05) is 5.75 Å². The first kappa shape index (κ1) is 11.9. The highest BCUT2D eigenvalue weighted by atomic mass is 35.5. The van der Waals surface area contributed by atoms with Gasteiger partial charge in [0.15, 0.2) is 9.84 Å². The third kappa shape index (κ3) is 2.39. The molecule has 0 N–H and O–H groups in total. The second kappa shape index (κ2) is 4.35. The van der Waals surface area contributed by atoms with E-state index in [1.54, 1.807) is 6.92 Å². The van der Waals surface area contributed by atoms with Gasteiger partial charge in [-0.1, -0.05) is 24.6 Å². The van der Waals surface area contributed by atoms with E-state index in [1.165, 1.54) is 11.3 Å². The van der Waals surface area contributed by atoms with E-state index in [4.69, 9.17) is 11.6 Å². The molecule has 2 aromatic rings. The molecular weight excluding hydrogens is 264 g/mol. The topological polar surface area (TPSA) is 34.1 Å². The van der Waals surface area contributed by atoms with Gasteiger partial charge in [-0.15, -0.1) is 11.3 Å². The molecule has 0 fully saturated rings. The molecule has 0 radical (unpaired) electrons. The molecule has 86 valence electrons. The van der Waals surface area contributed by atoms with Crippen LogP contribution in [0.15, 0.2) is 24.3 Å². The van der Waals surface area contributed by atoms with Crippen molar-refractivity contribution < 1.29 is 8.42 Å². The van der Waals surface area contributed by atoms with Gasteiger partial charge >= 0.3 is 0 Å². The lowest BCUT2D eigenvalue weighted by Gasteiger charge is -1.96. The van der Waals surface area contributed by atoms with Gasteiger partial charge in [-0.2, -0.15) is 0 Å². The van der Waals surface area contributed by atoms with Crippen molar-refractivity contribution in [3.8, 4) is 0 Å². The monoisotopic (exact) mass is 274 g/mol. The van der Waals surface area contributed by atoms with Gasteiger partial charge in [-0.05, 0) is 18.2 Å². The third-order valence-electron chi connectivity index (χ3n) is 2.36.